The first-order valence-electron chi connectivity index (χ1n) is 12.7. The van der Waals surface area contributed by atoms with Gasteiger partial charge in [-0.15, -0.1) is 0 Å². The zero-order valence-electron chi connectivity index (χ0n) is 22.6. The first-order valence-corrected chi connectivity index (χ1v) is 13.5. The third-order valence-corrected chi connectivity index (χ3v) is 7.63. The zero-order chi connectivity index (χ0) is 29.3. The number of hydrogen-bond donors (Lipinski definition) is 0. The van der Waals surface area contributed by atoms with Crippen molar-refractivity contribution in [3.8, 4) is 17.2 Å². The van der Waals surface area contributed by atoms with Crippen molar-refractivity contribution in [1.29, 1.82) is 0 Å². The highest BCUT2D eigenvalue weighted by molar-refractivity contribution is 7.07. The Bertz CT molecular complexity index is 1860. The average molecular weight is 581 g/mol. The van der Waals surface area contributed by atoms with Gasteiger partial charge in [-0.1, -0.05) is 47.7 Å². The topological polar surface area (TPSA) is 88.4 Å². The van der Waals surface area contributed by atoms with Gasteiger partial charge in [0, 0.05) is 5.56 Å². The third-order valence-electron chi connectivity index (χ3n) is 6.64. The number of thiazole rings is 1. The summed E-state index contributed by atoms with van der Waals surface area (Å²) in [6.07, 6.45) is 1.61. The summed E-state index contributed by atoms with van der Waals surface area (Å²) in [5, 5.41) is 1.71. The van der Waals surface area contributed by atoms with Gasteiger partial charge in [-0.2, -0.15) is 8.78 Å². The monoisotopic (exact) mass is 580 g/mol. The Morgan fingerprint density at radius 3 is 2.51 bits per heavy atom. The van der Waals surface area contributed by atoms with E-state index in [4.69, 9.17) is 14.2 Å². The van der Waals surface area contributed by atoms with Crippen LogP contribution in [0.2, 0.25) is 0 Å². The van der Waals surface area contributed by atoms with Crippen LogP contribution in [0.15, 0.2) is 75.7 Å². The molecule has 0 N–H and O–H groups in total. The van der Waals surface area contributed by atoms with Crippen molar-refractivity contribution < 1.29 is 32.5 Å². The quantitative estimate of drug-likeness (QED) is 0.284. The number of halogens is 2. The molecule has 3 aromatic carbocycles. The van der Waals surface area contributed by atoms with Crippen molar-refractivity contribution in [2.24, 2.45) is 4.99 Å². The Labute approximate surface area is 237 Å². The van der Waals surface area contributed by atoms with E-state index in [9.17, 15) is 18.4 Å². The Morgan fingerprint density at radius 2 is 1.80 bits per heavy atom. The molecule has 41 heavy (non-hydrogen) atoms. The van der Waals surface area contributed by atoms with Crippen molar-refractivity contribution in [3.05, 3.63) is 96.7 Å². The number of methoxy groups -OCH3 is 2. The lowest BCUT2D eigenvalue weighted by atomic mass is 9.90. The Kier molecular flexibility index (Phi) is 7.89. The smallest absolute Gasteiger partial charge is 0.387 e. The molecule has 1 aromatic heterocycles. The number of esters is 1. The molecule has 0 unspecified atom stereocenters. The standard InChI is InChI=1S/C30H26F2N2O6S/c1-5-39-28(36)24-16(2)33-30-34(26(24)25-19-9-7-6-8-18(19)11-13-21(25)37-3)27(35)23(41-30)15-17-10-12-20(40-29(31)32)22(14-17)38-4/h6-15,26,29H,5H2,1-4H3/b23-15+/t26-/m1/s1. The molecule has 4 aromatic rings. The SMILES string of the molecule is CCOC(=O)C1=C(C)N=c2s/c(=C/c3ccc(OC(F)F)c(OC)c3)c(=O)n2[C@H]1c1c(OC)ccc2ccccc12. The molecule has 0 saturated heterocycles. The van der Waals surface area contributed by atoms with E-state index in [0.717, 1.165) is 22.1 Å². The second-order valence-corrected chi connectivity index (χ2v) is 10.0. The molecule has 0 radical (unpaired) electrons. The summed E-state index contributed by atoms with van der Waals surface area (Å²) in [6, 6.07) is 14.9. The van der Waals surface area contributed by atoms with Crippen LogP contribution in [0.3, 0.4) is 0 Å². The minimum atomic E-state index is -3.01. The summed E-state index contributed by atoms with van der Waals surface area (Å²) < 4.78 is 48.2. The molecule has 1 aliphatic heterocycles. The van der Waals surface area contributed by atoms with E-state index in [-0.39, 0.29) is 23.7 Å². The fraction of sp³-hybridized carbons (Fsp3) is 0.233. The minimum absolute atomic E-state index is 0.0886. The van der Waals surface area contributed by atoms with Gasteiger partial charge >= 0.3 is 12.6 Å². The lowest BCUT2D eigenvalue weighted by Gasteiger charge is -2.27. The highest BCUT2D eigenvalue weighted by Crippen LogP contribution is 2.40. The van der Waals surface area contributed by atoms with Crippen LogP contribution in [0.5, 0.6) is 17.2 Å². The van der Waals surface area contributed by atoms with E-state index < -0.39 is 24.2 Å². The van der Waals surface area contributed by atoms with E-state index in [0.29, 0.717) is 31.9 Å². The normalized spacial score (nSPS) is 15.1. The zero-order valence-corrected chi connectivity index (χ0v) is 23.5. The van der Waals surface area contributed by atoms with Crippen LogP contribution < -0.4 is 29.1 Å². The number of aromatic nitrogens is 1. The van der Waals surface area contributed by atoms with Gasteiger partial charge < -0.3 is 18.9 Å². The van der Waals surface area contributed by atoms with Crippen molar-refractivity contribution in [1.82, 2.24) is 4.57 Å². The molecule has 0 bridgehead atoms. The van der Waals surface area contributed by atoms with Crippen molar-refractivity contribution in [2.75, 3.05) is 20.8 Å². The summed E-state index contributed by atoms with van der Waals surface area (Å²) in [7, 11) is 2.87. The summed E-state index contributed by atoms with van der Waals surface area (Å²) in [5.41, 5.74) is 1.41. The van der Waals surface area contributed by atoms with Gasteiger partial charge in [0.2, 0.25) is 0 Å². The second kappa shape index (κ2) is 11.5. The lowest BCUT2D eigenvalue weighted by Crippen LogP contribution is -2.40. The fourth-order valence-electron chi connectivity index (χ4n) is 4.92. The third kappa shape index (κ3) is 5.20. The number of hydrogen-bond acceptors (Lipinski definition) is 8. The largest absolute Gasteiger partial charge is 0.496 e. The highest BCUT2D eigenvalue weighted by Gasteiger charge is 2.36. The minimum Gasteiger partial charge on any atom is -0.496 e. The van der Waals surface area contributed by atoms with Gasteiger partial charge in [-0.3, -0.25) is 9.36 Å². The van der Waals surface area contributed by atoms with Gasteiger partial charge in [0.15, 0.2) is 16.3 Å². The van der Waals surface area contributed by atoms with Crippen molar-refractivity contribution >= 4 is 34.2 Å². The lowest BCUT2D eigenvalue weighted by molar-refractivity contribution is -0.139. The van der Waals surface area contributed by atoms with Crippen LogP contribution in [-0.2, 0) is 9.53 Å². The number of carbonyl (C=O) groups is 1. The number of benzene rings is 3. The van der Waals surface area contributed by atoms with Crippen molar-refractivity contribution in [2.45, 2.75) is 26.5 Å². The van der Waals surface area contributed by atoms with Gasteiger partial charge in [0.25, 0.3) is 5.56 Å². The number of fused-ring (bicyclic) bond motifs is 2. The molecule has 11 heteroatoms. The number of rotatable bonds is 8. The number of carbonyl (C=O) groups excluding carboxylic acids is 1. The van der Waals surface area contributed by atoms with Gasteiger partial charge in [0.1, 0.15) is 11.8 Å². The Hall–Kier alpha value is -4.51. The molecule has 5 rings (SSSR count). The van der Waals surface area contributed by atoms with E-state index in [1.807, 2.05) is 30.3 Å². The summed E-state index contributed by atoms with van der Waals surface area (Å²) >= 11 is 1.14. The van der Waals surface area contributed by atoms with Gasteiger partial charge in [-0.25, -0.2) is 9.79 Å². The van der Waals surface area contributed by atoms with Crippen LogP contribution in [-0.4, -0.2) is 38.0 Å². The summed E-state index contributed by atoms with van der Waals surface area (Å²) in [5.74, 6) is -0.119. The molecule has 0 spiro atoms. The molecule has 0 aliphatic carbocycles. The Balaban J connectivity index is 1.77. The predicted molar refractivity (Wildman–Crippen MR) is 151 cm³/mol. The number of allylic oxidation sites excluding steroid dienone is 1. The van der Waals surface area contributed by atoms with Gasteiger partial charge in [0.05, 0.1) is 36.6 Å². The molecular weight excluding hydrogens is 554 g/mol. The van der Waals surface area contributed by atoms with E-state index in [2.05, 4.69) is 9.73 Å². The molecule has 212 valence electrons. The van der Waals surface area contributed by atoms with Gasteiger partial charge in [-0.05, 0) is 54.5 Å². The molecule has 2 heterocycles. The second-order valence-electron chi connectivity index (χ2n) is 8.99. The average Bonchev–Trinajstić information content (AvgIpc) is 3.26. The maximum Gasteiger partial charge on any atom is 0.387 e. The molecule has 0 amide bonds. The van der Waals surface area contributed by atoms with E-state index in [1.54, 1.807) is 32.1 Å². The molecular formula is C30H26F2N2O6S. The maximum atomic E-state index is 14.0. The molecule has 1 atom stereocenters. The number of nitrogens with zero attached hydrogens (tertiary/aromatic N) is 2. The first-order chi connectivity index (χ1) is 19.8. The predicted octanol–water partition coefficient (Wildman–Crippen LogP) is 4.57. The summed E-state index contributed by atoms with van der Waals surface area (Å²) in [4.78, 5) is 32.4. The fourth-order valence-corrected chi connectivity index (χ4v) is 5.97. The van der Waals surface area contributed by atoms with Crippen LogP contribution >= 0.6 is 11.3 Å². The molecule has 1 aliphatic rings. The highest BCUT2D eigenvalue weighted by atomic mass is 32.1. The van der Waals surface area contributed by atoms with Crippen LogP contribution in [0.25, 0.3) is 16.8 Å². The van der Waals surface area contributed by atoms with Crippen LogP contribution in [0.4, 0.5) is 8.78 Å². The van der Waals surface area contributed by atoms with Crippen molar-refractivity contribution in [3.63, 3.8) is 0 Å². The molecule has 0 saturated carbocycles. The van der Waals surface area contributed by atoms with Crippen LogP contribution in [0.1, 0.15) is 31.0 Å². The first kappa shape index (κ1) is 28.0. The van der Waals surface area contributed by atoms with E-state index in [1.165, 1.54) is 30.9 Å². The maximum absolute atomic E-state index is 14.0. The Morgan fingerprint density at radius 1 is 1.07 bits per heavy atom. The van der Waals surface area contributed by atoms with Crippen LogP contribution in [0, 0.1) is 0 Å². The molecule has 8 nitrogen and oxygen atoms in total. The molecule has 0 fully saturated rings. The van der Waals surface area contributed by atoms with E-state index >= 15 is 0 Å². The summed E-state index contributed by atoms with van der Waals surface area (Å²) in [6.45, 7) is 0.552. The number of ether oxygens (including phenoxy) is 4. The number of alkyl halides is 2.